The fourth-order valence-electron chi connectivity index (χ4n) is 3.48. The van der Waals surface area contributed by atoms with Crippen molar-refractivity contribution in [3.8, 4) is 5.75 Å². The second-order valence-electron chi connectivity index (χ2n) is 6.58. The molecule has 0 radical (unpaired) electrons. The van der Waals surface area contributed by atoms with Gasteiger partial charge in [-0.05, 0) is 54.7 Å². The van der Waals surface area contributed by atoms with Crippen LogP contribution in [0.25, 0.3) is 10.8 Å². The van der Waals surface area contributed by atoms with Gasteiger partial charge in [0.25, 0.3) is 0 Å². The number of aliphatic carboxylic acids is 1. The van der Waals surface area contributed by atoms with Crippen LogP contribution in [0.1, 0.15) is 37.7 Å². The zero-order chi connectivity index (χ0) is 18.0. The van der Waals surface area contributed by atoms with Gasteiger partial charge in [0, 0.05) is 6.54 Å². The highest BCUT2D eigenvalue weighted by atomic mass is 16.5. The van der Waals surface area contributed by atoms with Crippen LogP contribution in [0.15, 0.2) is 36.4 Å². The van der Waals surface area contributed by atoms with Gasteiger partial charge in [0.15, 0.2) is 0 Å². The minimum atomic E-state index is -0.911. The third-order valence-corrected chi connectivity index (χ3v) is 5.01. The molecule has 0 bridgehead atoms. The van der Waals surface area contributed by atoms with Crippen LogP contribution in [0.5, 0.6) is 5.75 Å². The third-order valence-electron chi connectivity index (χ3n) is 5.01. The number of rotatable bonds is 4. The molecule has 2 aromatic carbocycles. The van der Waals surface area contributed by atoms with Gasteiger partial charge in [-0.3, -0.25) is 4.79 Å². The number of methoxy groups -OCH3 is 1. The quantitative estimate of drug-likeness (QED) is 0.925. The van der Waals surface area contributed by atoms with E-state index in [-0.39, 0.29) is 11.8 Å². The SMILES string of the molecule is COc1ccc2cc([C@H](C)C(=O)N3CCCC[C@@H]3C(=O)O)ccc2c1. The number of nitrogens with zero attached hydrogens (tertiary/aromatic N) is 1. The molecule has 5 heteroatoms. The highest BCUT2D eigenvalue weighted by molar-refractivity contribution is 5.90. The Morgan fingerprint density at radius 3 is 2.60 bits per heavy atom. The molecule has 0 spiro atoms. The number of amides is 1. The molecule has 1 aliphatic heterocycles. The topological polar surface area (TPSA) is 66.8 Å². The molecule has 1 saturated heterocycles. The van der Waals surface area contributed by atoms with Crippen molar-refractivity contribution in [2.24, 2.45) is 0 Å². The number of hydrogen-bond acceptors (Lipinski definition) is 3. The van der Waals surface area contributed by atoms with E-state index in [9.17, 15) is 14.7 Å². The average molecular weight is 341 g/mol. The minimum Gasteiger partial charge on any atom is -0.497 e. The second-order valence-corrected chi connectivity index (χ2v) is 6.58. The highest BCUT2D eigenvalue weighted by Gasteiger charge is 2.34. The van der Waals surface area contributed by atoms with Crippen molar-refractivity contribution in [1.29, 1.82) is 0 Å². The van der Waals surface area contributed by atoms with Crippen LogP contribution in [0.4, 0.5) is 0 Å². The van der Waals surface area contributed by atoms with E-state index in [1.54, 1.807) is 7.11 Å². The van der Waals surface area contributed by atoms with Crippen LogP contribution in [-0.2, 0) is 9.59 Å². The molecule has 1 fully saturated rings. The number of carboxylic acid groups (broad SMARTS) is 1. The Hall–Kier alpha value is -2.56. The minimum absolute atomic E-state index is 0.111. The maximum absolute atomic E-state index is 12.9. The van der Waals surface area contributed by atoms with Crippen molar-refractivity contribution in [2.45, 2.75) is 38.1 Å². The fourth-order valence-corrected chi connectivity index (χ4v) is 3.48. The Morgan fingerprint density at radius 1 is 1.16 bits per heavy atom. The number of benzene rings is 2. The summed E-state index contributed by atoms with van der Waals surface area (Å²) in [5.41, 5.74) is 0.900. The summed E-state index contributed by atoms with van der Waals surface area (Å²) in [7, 11) is 1.63. The summed E-state index contributed by atoms with van der Waals surface area (Å²) in [5, 5.41) is 11.5. The predicted molar refractivity (Wildman–Crippen MR) is 95.9 cm³/mol. The molecule has 5 nitrogen and oxygen atoms in total. The predicted octanol–water partition coefficient (Wildman–Crippen LogP) is 3.42. The lowest BCUT2D eigenvalue weighted by molar-refractivity contribution is -0.152. The van der Waals surface area contributed by atoms with E-state index in [2.05, 4.69) is 0 Å². The lowest BCUT2D eigenvalue weighted by atomic mass is 9.94. The molecule has 1 heterocycles. The molecule has 1 aliphatic rings. The smallest absolute Gasteiger partial charge is 0.326 e. The summed E-state index contributed by atoms with van der Waals surface area (Å²) in [6, 6.07) is 11.0. The van der Waals surface area contributed by atoms with Crippen molar-refractivity contribution in [3.63, 3.8) is 0 Å². The first-order valence-electron chi connectivity index (χ1n) is 8.62. The molecule has 25 heavy (non-hydrogen) atoms. The molecular formula is C20H23NO4. The van der Waals surface area contributed by atoms with E-state index in [0.29, 0.717) is 13.0 Å². The zero-order valence-electron chi connectivity index (χ0n) is 14.6. The van der Waals surface area contributed by atoms with Crippen LogP contribution in [-0.4, -0.2) is 41.6 Å². The molecule has 0 aliphatic carbocycles. The van der Waals surface area contributed by atoms with E-state index in [0.717, 1.165) is 34.9 Å². The van der Waals surface area contributed by atoms with Gasteiger partial charge >= 0.3 is 5.97 Å². The lowest BCUT2D eigenvalue weighted by Gasteiger charge is -2.34. The van der Waals surface area contributed by atoms with Crippen LogP contribution >= 0.6 is 0 Å². The highest BCUT2D eigenvalue weighted by Crippen LogP contribution is 2.28. The number of carbonyl (C=O) groups excluding carboxylic acids is 1. The molecule has 1 N–H and O–H groups in total. The summed E-state index contributed by atoms with van der Waals surface area (Å²) in [6.45, 7) is 2.37. The standard InChI is InChI=1S/C20H23NO4/c1-13(19(22)21-10-4-3-5-18(21)20(23)24)14-6-7-16-12-17(25-2)9-8-15(16)11-14/h6-9,11-13,18H,3-5,10H2,1-2H3,(H,23,24)/t13-,18+/m0/s1. The largest absolute Gasteiger partial charge is 0.497 e. The summed E-state index contributed by atoms with van der Waals surface area (Å²) in [4.78, 5) is 25.9. The van der Waals surface area contributed by atoms with Crippen molar-refractivity contribution >= 4 is 22.6 Å². The number of piperidine rings is 1. The van der Waals surface area contributed by atoms with E-state index in [1.807, 2.05) is 43.3 Å². The Balaban J connectivity index is 1.86. The molecular weight excluding hydrogens is 318 g/mol. The van der Waals surface area contributed by atoms with Gasteiger partial charge in [-0.25, -0.2) is 4.79 Å². The van der Waals surface area contributed by atoms with Gasteiger partial charge in [-0.1, -0.05) is 24.3 Å². The van der Waals surface area contributed by atoms with Crippen molar-refractivity contribution < 1.29 is 19.4 Å². The molecule has 0 saturated carbocycles. The number of fused-ring (bicyclic) bond motifs is 1. The Kier molecular flexibility index (Phi) is 4.93. The Labute approximate surface area is 147 Å². The third kappa shape index (κ3) is 3.45. The van der Waals surface area contributed by atoms with Gasteiger partial charge in [-0.15, -0.1) is 0 Å². The van der Waals surface area contributed by atoms with Gasteiger partial charge in [0.1, 0.15) is 11.8 Å². The number of carbonyl (C=O) groups is 2. The first kappa shape index (κ1) is 17.3. The zero-order valence-corrected chi connectivity index (χ0v) is 14.6. The van der Waals surface area contributed by atoms with Gasteiger partial charge in [0.05, 0.1) is 13.0 Å². The second kappa shape index (κ2) is 7.13. The van der Waals surface area contributed by atoms with Crippen LogP contribution in [0.3, 0.4) is 0 Å². The molecule has 1 amide bonds. The van der Waals surface area contributed by atoms with E-state index in [1.165, 1.54) is 4.90 Å². The summed E-state index contributed by atoms with van der Waals surface area (Å²) in [5.74, 6) is -0.598. The molecule has 0 aromatic heterocycles. The first-order chi connectivity index (χ1) is 12.0. The lowest BCUT2D eigenvalue weighted by Crippen LogP contribution is -2.49. The van der Waals surface area contributed by atoms with Crippen LogP contribution in [0, 0.1) is 0 Å². The number of ether oxygens (including phenoxy) is 1. The van der Waals surface area contributed by atoms with Crippen molar-refractivity contribution in [1.82, 2.24) is 4.90 Å². The van der Waals surface area contributed by atoms with Crippen LogP contribution < -0.4 is 4.74 Å². The first-order valence-corrected chi connectivity index (χ1v) is 8.62. The van der Waals surface area contributed by atoms with Crippen molar-refractivity contribution in [2.75, 3.05) is 13.7 Å². The van der Waals surface area contributed by atoms with E-state index < -0.39 is 12.0 Å². The van der Waals surface area contributed by atoms with Gasteiger partial charge < -0.3 is 14.7 Å². The summed E-state index contributed by atoms with van der Waals surface area (Å²) < 4.78 is 5.24. The number of likely N-dealkylation sites (tertiary alicyclic amines) is 1. The Morgan fingerprint density at radius 2 is 1.88 bits per heavy atom. The molecule has 132 valence electrons. The monoisotopic (exact) mass is 341 g/mol. The van der Waals surface area contributed by atoms with E-state index >= 15 is 0 Å². The van der Waals surface area contributed by atoms with E-state index in [4.69, 9.17) is 4.74 Å². The fraction of sp³-hybridized carbons (Fsp3) is 0.400. The van der Waals surface area contributed by atoms with Gasteiger partial charge in [-0.2, -0.15) is 0 Å². The maximum atomic E-state index is 12.9. The van der Waals surface area contributed by atoms with Gasteiger partial charge in [0.2, 0.25) is 5.91 Å². The Bertz CT molecular complexity index is 801. The molecule has 3 rings (SSSR count). The summed E-state index contributed by atoms with van der Waals surface area (Å²) in [6.07, 6.45) is 2.25. The average Bonchev–Trinajstić information content (AvgIpc) is 2.65. The number of hydrogen-bond donors (Lipinski definition) is 1. The molecule has 0 unspecified atom stereocenters. The van der Waals surface area contributed by atoms with Crippen molar-refractivity contribution in [3.05, 3.63) is 42.0 Å². The summed E-state index contributed by atoms with van der Waals surface area (Å²) >= 11 is 0. The maximum Gasteiger partial charge on any atom is 0.326 e. The molecule has 2 aromatic rings. The normalized spacial score (nSPS) is 18.8. The molecule has 2 atom stereocenters. The van der Waals surface area contributed by atoms with Crippen LogP contribution in [0.2, 0.25) is 0 Å². The number of carboxylic acids is 1.